The third kappa shape index (κ3) is 4.29. The standard InChI is InChI=1S/C21H20NO2/c1-4-16(2)19-11-13-20(14-12-19)22(17(3)23)21(24)15-10-18-8-6-5-7-9-18/h4-15H,1H2,2-3H3/b15-10+,16-4?. The van der Waals surface area contributed by atoms with E-state index in [9.17, 15) is 9.59 Å². The van der Waals surface area contributed by atoms with Crippen LogP contribution in [0.4, 0.5) is 5.69 Å². The van der Waals surface area contributed by atoms with Crippen molar-refractivity contribution in [2.45, 2.75) is 13.8 Å². The van der Waals surface area contributed by atoms with Crippen molar-refractivity contribution in [1.82, 2.24) is 0 Å². The Morgan fingerprint density at radius 2 is 1.58 bits per heavy atom. The first-order valence-electron chi connectivity index (χ1n) is 7.67. The van der Waals surface area contributed by atoms with Crippen molar-refractivity contribution in [3.8, 4) is 0 Å². The maximum Gasteiger partial charge on any atom is 0.257 e. The van der Waals surface area contributed by atoms with E-state index in [0.717, 1.165) is 21.6 Å². The van der Waals surface area contributed by atoms with Gasteiger partial charge in [0.2, 0.25) is 5.91 Å². The predicted molar refractivity (Wildman–Crippen MR) is 99.1 cm³/mol. The Labute approximate surface area is 142 Å². The molecule has 2 aromatic carbocycles. The largest absolute Gasteiger partial charge is 0.274 e. The van der Waals surface area contributed by atoms with Crippen molar-refractivity contribution in [1.29, 1.82) is 0 Å². The summed E-state index contributed by atoms with van der Waals surface area (Å²) >= 11 is 0. The second kappa shape index (κ2) is 8.06. The fourth-order valence-electron chi connectivity index (χ4n) is 2.26. The lowest BCUT2D eigenvalue weighted by Gasteiger charge is -2.18. The molecular formula is C21H20NO2. The molecule has 0 heterocycles. The zero-order valence-electron chi connectivity index (χ0n) is 13.9. The summed E-state index contributed by atoms with van der Waals surface area (Å²) in [6.45, 7) is 7.07. The molecule has 0 bridgehead atoms. The molecule has 2 amide bonds. The minimum absolute atomic E-state index is 0.324. The number of hydrogen-bond donors (Lipinski definition) is 0. The molecule has 0 aromatic heterocycles. The lowest BCUT2D eigenvalue weighted by atomic mass is 10.1. The van der Waals surface area contributed by atoms with Gasteiger partial charge >= 0.3 is 0 Å². The van der Waals surface area contributed by atoms with Crippen LogP contribution in [0.2, 0.25) is 0 Å². The molecule has 3 nitrogen and oxygen atoms in total. The number of amides is 2. The highest BCUT2D eigenvalue weighted by atomic mass is 16.2. The predicted octanol–water partition coefficient (Wildman–Crippen LogP) is 4.52. The zero-order chi connectivity index (χ0) is 17.5. The molecule has 0 aliphatic carbocycles. The van der Waals surface area contributed by atoms with E-state index in [1.54, 1.807) is 24.3 Å². The molecule has 0 spiro atoms. The number of nitrogens with zero attached hydrogens (tertiary/aromatic N) is 1. The molecule has 0 aliphatic heterocycles. The lowest BCUT2D eigenvalue weighted by Crippen LogP contribution is -2.33. The van der Waals surface area contributed by atoms with Gasteiger partial charge in [0, 0.05) is 13.0 Å². The van der Waals surface area contributed by atoms with Gasteiger partial charge in [-0.15, -0.1) is 0 Å². The van der Waals surface area contributed by atoms with Gasteiger partial charge in [-0.1, -0.05) is 48.5 Å². The van der Waals surface area contributed by atoms with E-state index in [-0.39, 0.29) is 11.8 Å². The fraction of sp³-hybridized carbons (Fsp3) is 0.0952. The van der Waals surface area contributed by atoms with Crippen LogP contribution in [0.15, 0.2) is 66.7 Å². The van der Waals surface area contributed by atoms with Gasteiger partial charge < -0.3 is 0 Å². The third-order valence-corrected chi connectivity index (χ3v) is 3.64. The number of carbonyl (C=O) groups is 2. The minimum Gasteiger partial charge on any atom is -0.274 e. The van der Waals surface area contributed by atoms with E-state index < -0.39 is 0 Å². The maximum absolute atomic E-state index is 12.4. The molecule has 2 rings (SSSR count). The van der Waals surface area contributed by atoms with Crippen LogP contribution in [-0.2, 0) is 9.59 Å². The van der Waals surface area contributed by atoms with Gasteiger partial charge in [-0.25, -0.2) is 4.90 Å². The van der Waals surface area contributed by atoms with Crippen molar-refractivity contribution < 1.29 is 9.59 Å². The van der Waals surface area contributed by atoms with E-state index in [2.05, 4.69) is 6.92 Å². The van der Waals surface area contributed by atoms with Gasteiger partial charge in [-0.2, -0.15) is 0 Å². The van der Waals surface area contributed by atoms with E-state index in [0.29, 0.717) is 5.69 Å². The van der Waals surface area contributed by atoms with Gasteiger partial charge in [-0.05, 0) is 48.8 Å². The smallest absolute Gasteiger partial charge is 0.257 e. The normalized spacial score (nSPS) is 11.5. The number of allylic oxidation sites excluding steroid dienone is 2. The number of benzene rings is 2. The molecule has 2 aromatic rings. The van der Waals surface area contributed by atoms with Crippen molar-refractivity contribution in [2.75, 3.05) is 4.90 Å². The van der Waals surface area contributed by atoms with Crippen molar-refractivity contribution >= 4 is 29.2 Å². The molecule has 0 fully saturated rings. The molecule has 121 valence electrons. The zero-order valence-corrected chi connectivity index (χ0v) is 13.9. The van der Waals surface area contributed by atoms with Crippen LogP contribution in [-0.4, -0.2) is 11.8 Å². The van der Waals surface area contributed by atoms with E-state index >= 15 is 0 Å². The fourth-order valence-corrected chi connectivity index (χ4v) is 2.26. The first kappa shape index (κ1) is 17.4. The lowest BCUT2D eigenvalue weighted by molar-refractivity contribution is -0.122. The SMILES string of the molecule is [CH2]C=C(C)c1ccc(N(C(C)=O)C(=O)/C=C/c2ccccc2)cc1. The van der Waals surface area contributed by atoms with Crippen molar-refractivity contribution in [3.05, 3.63) is 84.8 Å². The number of anilines is 1. The van der Waals surface area contributed by atoms with Crippen LogP contribution in [0.25, 0.3) is 11.6 Å². The average Bonchev–Trinajstić information content (AvgIpc) is 2.60. The second-order valence-corrected chi connectivity index (χ2v) is 5.37. The van der Waals surface area contributed by atoms with Gasteiger partial charge in [0.15, 0.2) is 0 Å². The van der Waals surface area contributed by atoms with Crippen LogP contribution in [0.3, 0.4) is 0 Å². The Kier molecular flexibility index (Phi) is 5.85. The summed E-state index contributed by atoms with van der Waals surface area (Å²) < 4.78 is 0. The van der Waals surface area contributed by atoms with Gasteiger partial charge in [0.25, 0.3) is 5.91 Å². The van der Waals surface area contributed by atoms with Gasteiger partial charge in [0.1, 0.15) is 0 Å². The molecule has 24 heavy (non-hydrogen) atoms. The number of rotatable bonds is 4. The van der Waals surface area contributed by atoms with Crippen molar-refractivity contribution in [3.63, 3.8) is 0 Å². The van der Waals surface area contributed by atoms with E-state index in [1.165, 1.54) is 13.0 Å². The molecule has 0 atom stereocenters. The number of hydrogen-bond acceptors (Lipinski definition) is 2. The summed E-state index contributed by atoms with van der Waals surface area (Å²) in [5.41, 5.74) is 3.49. The molecule has 1 radical (unpaired) electrons. The topological polar surface area (TPSA) is 37.4 Å². The second-order valence-electron chi connectivity index (χ2n) is 5.37. The molecule has 0 saturated carbocycles. The summed E-state index contributed by atoms with van der Waals surface area (Å²) in [6, 6.07) is 16.7. The van der Waals surface area contributed by atoms with Crippen molar-refractivity contribution in [2.24, 2.45) is 0 Å². The van der Waals surface area contributed by atoms with E-state index in [4.69, 9.17) is 0 Å². The Bertz CT molecular complexity index is 771. The highest BCUT2D eigenvalue weighted by Crippen LogP contribution is 2.20. The number of carbonyl (C=O) groups excluding carboxylic acids is 2. The Hall–Kier alpha value is -2.94. The van der Waals surface area contributed by atoms with Crippen LogP contribution in [0.1, 0.15) is 25.0 Å². The molecule has 0 saturated heterocycles. The molecule has 0 aliphatic rings. The summed E-state index contributed by atoms with van der Waals surface area (Å²) in [4.78, 5) is 25.5. The quantitative estimate of drug-likeness (QED) is 0.777. The van der Waals surface area contributed by atoms with Crippen LogP contribution in [0.5, 0.6) is 0 Å². The number of imide groups is 1. The molecule has 3 heteroatoms. The Morgan fingerprint density at radius 1 is 0.958 bits per heavy atom. The Morgan fingerprint density at radius 3 is 2.12 bits per heavy atom. The van der Waals surface area contributed by atoms with Gasteiger partial charge in [-0.3, -0.25) is 9.59 Å². The highest BCUT2D eigenvalue weighted by Gasteiger charge is 2.17. The first-order valence-corrected chi connectivity index (χ1v) is 7.67. The van der Waals surface area contributed by atoms with Gasteiger partial charge in [0.05, 0.1) is 5.69 Å². The summed E-state index contributed by atoms with van der Waals surface area (Å²) in [7, 11) is 0. The maximum atomic E-state index is 12.4. The Balaban J connectivity index is 2.24. The average molecular weight is 318 g/mol. The summed E-state index contributed by atoms with van der Waals surface area (Å²) in [6.07, 6.45) is 4.87. The van der Waals surface area contributed by atoms with Crippen LogP contribution in [0, 0.1) is 6.92 Å². The van der Waals surface area contributed by atoms with Crippen LogP contribution >= 0.6 is 0 Å². The molecule has 0 unspecified atom stereocenters. The summed E-state index contributed by atoms with van der Waals surface area (Å²) in [5, 5.41) is 0. The molecule has 0 N–H and O–H groups in total. The monoisotopic (exact) mass is 318 g/mol. The molecular weight excluding hydrogens is 298 g/mol. The third-order valence-electron chi connectivity index (χ3n) is 3.64. The van der Waals surface area contributed by atoms with E-state index in [1.807, 2.05) is 49.4 Å². The minimum atomic E-state index is -0.372. The summed E-state index contributed by atoms with van der Waals surface area (Å²) in [5.74, 6) is -0.696. The first-order chi connectivity index (χ1) is 11.5. The highest BCUT2D eigenvalue weighted by molar-refractivity contribution is 6.19. The van der Waals surface area contributed by atoms with Crippen LogP contribution < -0.4 is 4.90 Å².